The Kier molecular flexibility index (Phi) is 5.38. The van der Waals surface area contributed by atoms with Gasteiger partial charge in [0.1, 0.15) is 19.0 Å². The molecule has 6 heteroatoms. The average Bonchev–Trinajstić information content (AvgIpc) is 3.22. The molecule has 3 aliphatic rings. The van der Waals surface area contributed by atoms with Crippen LogP contribution in [0.4, 0.5) is 5.69 Å². The Balaban J connectivity index is 1.13. The van der Waals surface area contributed by atoms with Crippen LogP contribution in [0.15, 0.2) is 47.4 Å². The summed E-state index contributed by atoms with van der Waals surface area (Å²) in [7, 11) is 0. The van der Waals surface area contributed by atoms with Gasteiger partial charge >= 0.3 is 0 Å². The SMILES string of the molecule is O=C(CCN1CCN(c2ccc3c(c2)OCCO3)CC1)C1CSc2ccccc21. The number of hydrogen-bond donors (Lipinski definition) is 0. The number of rotatable bonds is 5. The molecule has 0 radical (unpaired) electrons. The van der Waals surface area contributed by atoms with Crippen LogP contribution in [0.1, 0.15) is 17.9 Å². The third-order valence-electron chi connectivity index (χ3n) is 6.03. The van der Waals surface area contributed by atoms with Crippen molar-refractivity contribution in [3.63, 3.8) is 0 Å². The molecule has 5 nitrogen and oxygen atoms in total. The molecular weight excluding hydrogens is 384 g/mol. The summed E-state index contributed by atoms with van der Waals surface area (Å²) in [6.07, 6.45) is 0.642. The van der Waals surface area contributed by atoms with Crippen molar-refractivity contribution in [1.29, 1.82) is 0 Å². The standard InChI is InChI=1S/C23H26N2O3S/c26-20(19-16-29-23-4-2-1-3-18(19)23)7-8-24-9-11-25(12-10-24)17-5-6-21-22(15-17)28-14-13-27-21/h1-6,15,19H,7-14,16H2. The van der Waals surface area contributed by atoms with Gasteiger partial charge in [-0.1, -0.05) is 18.2 Å². The van der Waals surface area contributed by atoms with Gasteiger partial charge in [-0.25, -0.2) is 0 Å². The van der Waals surface area contributed by atoms with Gasteiger partial charge in [0.25, 0.3) is 0 Å². The van der Waals surface area contributed by atoms with Gasteiger partial charge in [-0.05, 0) is 23.8 Å². The molecule has 0 saturated carbocycles. The maximum absolute atomic E-state index is 12.8. The summed E-state index contributed by atoms with van der Waals surface area (Å²) in [5, 5.41) is 0. The van der Waals surface area contributed by atoms with Crippen LogP contribution >= 0.6 is 11.8 Å². The molecule has 0 amide bonds. The van der Waals surface area contributed by atoms with Gasteiger partial charge in [-0.2, -0.15) is 0 Å². The molecule has 152 valence electrons. The lowest BCUT2D eigenvalue weighted by molar-refractivity contribution is -0.120. The van der Waals surface area contributed by atoms with Crippen molar-refractivity contribution in [3.05, 3.63) is 48.0 Å². The first-order valence-electron chi connectivity index (χ1n) is 10.4. The predicted octanol–water partition coefficient (Wildman–Crippen LogP) is 3.43. The van der Waals surface area contributed by atoms with Crippen LogP contribution in [-0.4, -0.2) is 62.4 Å². The van der Waals surface area contributed by atoms with Crippen LogP contribution in [0.3, 0.4) is 0 Å². The van der Waals surface area contributed by atoms with Gasteiger partial charge in [0.05, 0.1) is 5.92 Å². The highest BCUT2D eigenvalue weighted by molar-refractivity contribution is 7.99. The molecule has 3 heterocycles. The Morgan fingerprint density at radius 3 is 2.66 bits per heavy atom. The third kappa shape index (κ3) is 3.96. The van der Waals surface area contributed by atoms with Crippen molar-refractivity contribution in [3.8, 4) is 11.5 Å². The number of ketones is 1. The third-order valence-corrected chi connectivity index (χ3v) is 7.21. The van der Waals surface area contributed by atoms with E-state index in [0.717, 1.165) is 50.0 Å². The molecule has 3 aliphatic heterocycles. The van der Waals surface area contributed by atoms with Crippen molar-refractivity contribution in [2.45, 2.75) is 17.2 Å². The van der Waals surface area contributed by atoms with E-state index >= 15 is 0 Å². The van der Waals surface area contributed by atoms with E-state index in [1.165, 1.54) is 16.1 Å². The molecule has 0 bridgehead atoms. The number of hydrogen-bond acceptors (Lipinski definition) is 6. The number of ether oxygens (including phenoxy) is 2. The smallest absolute Gasteiger partial charge is 0.163 e. The summed E-state index contributed by atoms with van der Waals surface area (Å²) in [6.45, 7) is 6.00. The normalized spacial score (nSPS) is 21.1. The topological polar surface area (TPSA) is 42.0 Å². The minimum Gasteiger partial charge on any atom is -0.486 e. The first-order chi connectivity index (χ1) is 14.3. The quantitative estimate of drug-likeness (QED) is 0.752. The number of carbonyl (C=O) groups is 1. The molecule has 1 unspecified atom stereocenters. The monoisotopic (exact) mass is 410 g/mol. The van der Waals surface area contributed by atoms with Crippen LogP contribution < -0.4 is 14.4 Å². The second kappa shape index (κ2) is 8.28. The lowest BCUT2D eigenvalue weighted by Gasteiger charge is -2.36. The van der Waals surface area contributed by atoms with E-state index in [2.05, 4.69) is 40.1 Å². The van der Waals surface area contributed by atoms with Gasteiger partial charge in [-0.3, -0.25) is 9.69 Å². The Morgan fingerprint density at radius 1 is 1.00 bits per heavy atom. The number of anilines is 1. The molecule has 2 aromatic rings. The molecular formula is C23H26N2O3S. The number of piperazine rings is 1. The van der Waals surface area contributed by atoms with E-state index in [9.17, 15) is 4.79 Å². The van der Waals surface area contributed by atoms with Crippen LogP contribution in [0, 0.1) is 0 Å². The van der Waals surface area contributed by atoms with Crippen molar-refractivity contribution < 1.29 is 14.3 Å². The van der Waals surface area contributed by atoms with E-state index in [0.29, 0.717) is 25.4 Å². The Labute approximate surface area is 176 Å². The summed E-state index contributed by atoms with van der Waals surface area (Å²) in [5.41, 5.74) is 2.41. The fraction of sp³-hybridized carbons (Fsp3) is 0.435. The molecule has 29 heavy (non-hydrogen) atoms. The zero-order valence-electron chi connectivity index (χ0n) is 16.5. The minimum absolute atomic E-state index is 0.0789. The van der Waals surface area contributed by atoms with E-state index in [4.69, 9.17) is 9.47 Å². The summed E-state index contributed by atoms with van der Waals surface area (Å²) in [5.74, 6) is 3.04. The molecule has 1 fully saturated rings. The summed E-state index contributed by atoms with van der Waals surface area (Å²) in [6, 6.07) is 14.5. The number of benzene rings is 2. The van der Waals surface area contributed by atoms with E-state index in [1.54, 1.807) is 0 Å². The van der Waals surface area contributed by atoms with E-state index in [-0.39, 0.29) is 5.92 Å². The Hall–Kier alpha value is -2.18. The maximum Gasteiger partial charge on any atom is 0.163 e. The number of carbonyl (C=O) groups excluding carboxylic acids is 1. The van der Waals surface area contributed by atoms with Gasteiger partial charge in [0.15, 0.2) is 11.5 Å². The molecule has 1 saturated heterocycles. The highest BCUT2D eigenvalue weighted by Gasteiger charge is 2.29. The van der Waals surface area contributed by atoms with Crippen molar-refractivity contribution in [2.24, 2.45) is 0 Å². The van der Waals surface area contributed by atoms with E-state index in [1.807, 2.05) is 23.9 Å². The first-order valence-corrected chi connectivity index (χ1v) is 11.4. The summed E-state index contributed by atoms with van der Waals surface area (Å²) in [4.78, 5) is 18.9. The highest BCUT2D eigenvalue weighted by atomic mass is 32.2. The molecule has 0 spiro atoms. The van der Waals surface area contributed by atoms with Gasteiger partial charge in [-0.15, -0.1) is 11.8 Å². The van der Waals surface area contributed by atoms with Crippen molar-refractivity contribution in [2.75, 3.05) is 56.6 Å². The first kappa shape index (κ1) is 18.8. The maximum atomic E-state index is 12.8. The van der Waals surface area contributed by atoms with Crippen LogP contribution in [0.5, 0.6) is 11.5 Å². The number of thioether (sulfide) groups is 1. The fourth-order valence-electron chi connectivity index (χ4n) is 4.33. The fourth-order valence-corrected chi connectivity index (χ4v) is 5.59. The highest BCUT2D eigenvalue weighted by Crippen LogP contribution is 2.40. The lowest BCUT2D eigenvalue weighted by Crippen LogP contribution is -2.47. The lowest BCUT2D eigenvalue weighted by atomic mass is 9.95. The zero-order chi connectivity index (χ0) is 19.6. The molecule has 0 aliphatic carbocycles. The molecule has 0 N–H and O–H groups in total. The van der Waals surface area contributed by atoms with Crippen LogP contribution in [0.2, 0.25) is 0 Å². The molecule has 0 aromatic heterocycles. The number of fused-ring (bicyclic) bond motifs is 2. The van der Waals surface area contributed by atoms with Crippen molar-refractivity contribution >= 4 is 23.2 Å². The largest absolute Gasteiger partial charge is 0.486 e. The van der Waals surface area contributed by atoms with Crippen LogP contribution in [0.25, 0.3) is 0 Å². The zero-order valence-corrected chi connectivity index (χ0v) is 17.3. The predicted molar refractivity (Wildman–Crippen MR) is 116 cm³/mol. The van der Waals surface area contributed by atoms with Gasteiger partial charge < -0.3 is 14.4 Å². The summed E-state index contributed by atoms with van der Waals surface area (Å²) >= 11 is 1.81. The molecule has 5 rings (SSSR count). The van der Waals surface area contributed by atoms with Gasteiger partial charge in [0, 0.05) is 61.5 Å². The van der Waals surface area contributed by atoms with Gasteiger partial charge in [0.2, 0.25) is 0 Å². The number of nitrogens with zero attached hydrogens (tertiary/aromatic N) is 2. The molecule has 2 aromatic carbocycles. The van der Waals surface area contributed by atoms with Crippen molar-refractivity contribution in [1.82, 2.24) is 4.90 Å². The Morgan fingerprint density at radius 2 is 1.79 bits per heavy atom. The summed E-state index contributed by atoms with van der Waals surface area (Å²) < 4.78 is 11.3. The minimum atomic E-state index is 0.0789. The van der Waals surface area contributed by atoms with E-state index < -0.39 is 0 Å². The average molecular weight is 411 g/mol. The second-order valence-electron chi connectivity index (χ2n) is 7.77. The second-order valence-corrected chi connectivity index (χ2v) is 8.84. The van der Waals surface area contributed by atoms with Crippen LogP contribution in [-0.2, 0) is 4.79 Å². The molecule has 1 atom stereocenters. The Bertz CT molecular complexity index is 895. The number of Topliss-reactive ketones (excluding diaryl/α,β-unsaturated/α-hetero) is 1.